The average Bonchev–Trinajstić information content (AvgIpc) is 2.77. The second-order valence-electron chi connectivity index (χ2n) is 4.97. The Morgan fingerprint density at radius 1 is 1.28 bits per heavy atom. The van der Waals surface area contributed by atoms with E-state index in [1.807, 2.05) is 24.3 Å². The van der Waals surface area contributed by atoms with Gasteiger partial charge in [0.05, 0.1) is 12.6 Å². The summed E-state index contributed by atoms with van der Waals surface area (Å²) in [5, 5.41) is 1.05. The molecule has 0 spiro atoms. The molecule has 2 rings (SSSR count). The topological polar surface area (TPSA) is 48.4 Å². The van der Waals surface area contributed by atoms with Crippen LogP contribution in [0.1, 0.15) is 39.0 Å². The molecule has 0 aliphatic rings. The van der Waals surface area contributed by atoms with Gasteiger partial charge in [0.2, 0.25) is 0 Å². The fourth-order valence-electron chi connectivity index (χ4n) is 1.84. The van der Waals surface area contributed by atoms with Crippen LogP contribution in [0.2, 0.25) is 0 Å². The molecule has 0 amide bonds. The molecule has 0 fully saturated rings. The van der Waals surface area contributed by atoms with Crippen LogP contribution in [0, 0.1) is 5.92 Å². The van der Waals surface area contributed by atoms with Gasteiger partial charge in [0.1, 0.15) is 17.1 Å². The van der Waals surface area contributed by atoms with Gasteiger partial charge in [-0.05, 0) is 36.6 Å². The number of benzene rings is 1. The van der Waals surface area contributed by atoms with Gasteiger partial charge in [0.25, 0.3) is 0 Å². The number of rotatable bonds is 5. The lowest BCUT2D eigenvalue weighted by molar-refractivity contribution is 0.318. The summed E-state index contributed by atoms with van der Waals surface area (Å²) < 4.78 is 11.4. The standard InChI is InChI=1S/C15H21NO2/c1-4-7-17-12-5-6-13-11(8-12)9-14(18-13)15(16)10(2)3/h5-6,8-10,15H,4,7,16H2,1-3H3. The summed E-state index contributed by atoms with van der Waals surface area (Å²) in [7, 11) is 0. The predicted molar refractivity (Wildman–Crippen MR) is 73.8 cm³/mol. The van der Waals surface area contributed by atoms with E-state index >= 15 is 0 Å². The van der Waals surface area contributed by atoms with E-state index in [9.17, 15) is 0 Å². The van der Waals surface area contributed by atoms with Crippen molar-refractivity contribution in [2.24, 2.45) is 11.7 Å². The van der Waals surface area contributed by atoms with Gasteiger partial charge < -0.3 is 14.9 Å². The van der Waals surface area contributed by atoms with Crippen molar-refractivity contribution in [3.8, 4) is 5.75 Å². The molecule has 3 nitrogen and oxygen atoms in total. The van der Waals surface area contributed by atoms with E-state index in [2.05, 4.69) is 20.8 Å². The number of furan rings is 1. The molecule has 0 aliphatic heterocycles. The van der Waals surface area contributed by atoms with Crippen molar-refractivity contribution in [1.82, 2.24) is 0 Å². The van der Waals surface area contributed by atoms with Crippen molar-refractivity contribution >= 4 is 11.0 Å². The van der Waals surface area contributed by atoms with Crippen LogP contribution in [0.25, 0.3) is 11.0 Å². The van der Waals surface area contributed by atoms with Gasteiger partial charge in [0.15, 0.2) is 0 Å². The van der Waals surface area contributed by atoms with Crippen LogP contribution >= 0.6 is 0 Å². The third-order valence-corrected chi connectivity index (χ3v) is 3.03. The van der Waals surface area contributed by atoms with Crippen LogP contribution in [0.15, 0.2) is 28.7 Å². The Kier molecular flexibility index (Phi) is 3.92. The molecule has 2 N–H and O–H groups in total. The Bertz CT molecular complexity index is 516. The van der Waals surface area contributed by atoms with Crippen molar-refractivity contribution in [1.29, 1.82) is 0 Å². The van der Waals surface area contributed by atoms with Crippen LogP contribution in [0.5, 0.6) is 5.75 Å². The second kappa shape index (κ2) is 5.44. The third-order valence-electron chi connectivity index (χ3n) is 3.03. The molecule has 18 heavy (non-hydrogen) atoms. The highest BCUT2D eigenvalue weighted by Crippen LogP contribution is 2.29. The minimum atomic E-state index is -0.0580. The highest BCUT2D eigenvalue weighted by atomic mass is 16.5. The zero-order chi connectivity index (χ0) is 13.1. The largest absolute Gasteiger partial charge is 0.494 e. The highest BCUT2D eigenvalue weighted by molar-refractivity contribution is 5.79. The first-order valence-corrected chi connectivity index (χ1v) is 6.53. The van der Waals surface area contributed by atoms with E-state index < -0.39 is 0 Å². The van der Waals surface area contributed by atoms with Crippen molar-refractivity contribution in [3.63, 3.8) is 0 Å². The van der Waals surface area contributed by atoms with Gasteiger partial charge in [-0.15, -0.1) is 0 Å². The SMILES string of the molecule is CCCOc1ccc2oc(C(N)C(C)C)cc2c1. The lowest BCUT2D eigenvalue weighted by Crippen LogP contribution is -2.15. The van der Waals surface area contributed by atoms with Crippen LogP contribution in [0.4, 0.5) is 0 Å². The molecule has 1 aromatic heterocycles. The fraction of sp³-hybridized carbons (Fsp3) is 0.467. The summed E-state index contributed by atoms with van der Waals surface area (Å²) in [5.74, 6) is 2.09. The Labute approximate surface area is 108 Å². The van der Waals surface area contributed by atoms with Gasteiger partial charge in [0, 0.05) is 5.39 Å². The summed E-state index contributed by atoms with van der Waals surface area (Å²) >= 11 is 0. The van der Waals surface area contributed by atoms with Crippen LogP contribution in [-0.2, 0) is 0 Å². The van der Waals surface area contributed by atoms with E-state index in [1.54, 1.807) is 0 Å². The summed E-state index contributed by atoms with van der Waals surface area (Å²) in [6.45, 7) is 7.01. The average molecular weight is 247 g/mol. The van der Waals surface area contributed by atoms with Crippen LogP contribution in [0.3, 0.4) is 0 Å². The van der Waals surface area contributed by atoms with Crippen LogP contribution < -0.4 is 10.5 Å². The molecule has 0 saturated heterocycles. The third kappa shape index (κ3) is 2.67. The molecule has 0 saturated carbocycles. The van der Waals surface area contributed by atoms with Gasteiger partial charge in [-0.1, -0.05) is 20.8 Å². The molecule has 1 aromatic carbocycles. The molecule has 98 valence electrons. The summed E-state index contributed by atoms with van der Waals surface area (Å²) in [6.07, 6.45) is 1.01. The minimum absolute atomic E-state index is 0.0580. The number of hydrogen-bond acceptors (Lipinski definition) is 3. The molecule has 3 heteroatoms. The first-order valence-electron chi connectivity index (χ1n) is 6.53. The second-order valence-corrected chi connectivity index (χ2v) is 4.97. The molecule has 1 atom stereocenters. The molecule has 0 bridgehead atoms. The van der Waals surface area contributed by atoms with Crippen molar-refractivity contribution in [3.05, 3.63) is 30.0 Å². The number of fused-ring (bicyclic) bond motifs is 1. The molecule has 1 heterocycles. The van der Waals surface area contributed by atoms with Crippen molar-refractivity contribution < 1.29 is 9.15 Å². The fourth-order valence-corrected chi connectivity index (χ4v) is 1.84. The van der Waals surface area contributed by atoms with Crippen molar-refractivity contribution in [2.75, 3.05) is 6.61 Å². The van der Waals surface area contributed by atoms with Crippen LogP contribution in [-0.4, -0.2) is 6.61 Å². The van der Waals surface area contributed by atoms with E-state index in [1.165, 1.54) is 0 Å². The van der Waals surface area contributed by atoms with E-state index in [4.69, 9.17) is 14.9 Å². The maximum atomic E-state index is 6.09. The molecular weight excluding hydrogens is 226 g/mol. The molecular formula is C15H21NO2. The molecule has 2 aromatic rings. The lowest BCUT2D eigenvalue weighted by Gasteiger charge is -2.11. The van der Waals surface area contributed by atoms with Gasteiger partial charge in [-0.3, -0.25) is 0 Å². The van der Waals surface area contributed by atoms with Gasteiger partial charge in [-0.25, -0.2) is 0 Å². The minimum Gasteiger partial charge on any atom is -0.494 e. The maximum absolute atomic E-state index is 6.09. The summed E-state index contributed by atoms with van der Waals surface area (Å²) in [4.78, 5) is 0. The number of ether oxygens (including phenoxy) is 1. The lowest BCUT2D eigenvalue weighted by atomic mass is 10.0. The smallest absolute Gasteiger partial charge is 0.134 e. The Hall–Kier alpha value is -1.48. The summed E-state index contributed by atoms with van der Waals surface area (Å²) in [6, 6.07) is 7.84. The first-order chi connectivity index (χ1) is 8.61. The molecule has 1 unspecified atom stereocenters. The Balaban J connectivity index is 2.28. The van der Waals surface area contributed by atoms with Gasteiger partial charge >= 0.3 is 0 Å². The summed E-state index contributed by atoms with van der Waals surface area (Å²) in [5.41, 5.74) is 6.96. The monoisotopic (exact) mass is 247 g/mol. The van der Waals surface area contributed by atoms with E-state index in [0.29, 0.717) is 5.92 Å². The zero-order valence-corrected chi connectivity index (χ0v) is 11.3. The zero-order valence-electron chi connectivity index (χ0n) is 11.3. The normalized spacial score (nSPS) is 13.2. The number of nitrogens with two attached hydrogens (primary N) is 1. The Morgan fingerprint density at radius 2 is 2.06 bits per heavy atom. The molecule has 0 aliphatic carbocycles. The molecule has 0 radical (unpaired) electrons. The van der Waals surface area contributed by atoms with Crippen molar-refractivity contribution in [2.45, 2.75) is 33.2 Å². The predicted octanol–water partition coefficient (Wildman–Crippen LogP) is 3.88. The van der Waals surface area contributed by atoms with E-state index in [0.717, 1.165) is 35.5 Å². The highest BCUT2D eigenvalue weighted by Gasteiger charge is 2.15. The first kappa shape index (κ1) is 13.0. The number of hydrogen-bond donors (Lipinski definition) is 1. The van der Waals surface area contributed by atoms with E-state index in [-0.39, 0.29) is 6.04 Å². The maximum Gasteiger partial charge on any atom is 0.134 e. The quantitative estimate of drug-likeness (QED) is 0.872. The Morgan fingerprint density at radius 3 is 2.72 bits per heavy atom. The van der Waals surface area contributed by atoms with Gasteiger partial charge in [-0.2, -0.15) is 0 Å².